The van der Waals surface area contributed by atoms with Gasteiger partial charge < -0.3 is 24.3 Å². The molecule has 0 aliphatic carbocycles. The van der Waals surface area contributed by atoms with Crippen molar-refractivity contribution in [3.05, 3.63) is 126 Å². The molecule has 1 aromatic heterocycles. The van der Waals surface area contributed by atoms with E-state index in [1.807, 2.05) is 109 Å². The average molecular weight is 604 g/mol. The van der Waals surface area contributed by atoms with Crippen LogP contribution in [-0.4, -0.2) is 66.6 Å². The zero-order chi connectivity index (χ0) is 31.4. The largest absolute Gasteiger partial charge is 0.494 e. The fraction of sp³-hybridized carbons (Fsp3) is 0.263. The van der Waals surface area contributed by atoms with E-state index >= 15 is 0 Å². The van der Waals surface area contributed by atoms with Gasteiger partial charge in [-0.05, 0) is 72.4 Å². The first-order chi connectivity index (χ1) is 22.1. The SMILES string of the molecule is CCOc1ccc(CN(CCc2c[nH]c3ccccc23)C(=O)CN(CCCOC)C(=O)c2ccc(-c3ccccc3)cc2)cc1. The van der Waals surface area contributed by atoms with Crippen LogP contribution in [0.4, 0.5) is 0 Å². The highest BCUT2D eigenvalue weighted by atomic mass is 16.5. The van der Waals surface area contributed by atoms with E-state index in [1.165, 1.54) is 0 Å². The van der Waals surface area contributed by atoms with Crippen molar-refractivity contribution in [3.8, 4) is 16.9 Å². The molecule has 0 aliphatic heterocycles. The van der Waals surface area contributed by atoms with Gasteiger partial charge in [-0.25, -0.2) is 0 Å². The Labute approximate surface area is 265 Å². The predicted molar refractivity (Wildman–Crippen MR) is 179 cm³/mol. The van der Waals surface area contributed by atoms with Crippen LogP contribution in [-0.2, 0) is 22.5 Å². The quantitative estimate of drug-likeness (QED) is 0.131. The zero-order valence-electron chi connectivity index (χ0n) is 26.1. The Hall–Kier alpha value is -4.88. The minimum absolute atomic E-state index is 0.0199. The van der Waals surface area contributed by atoms with Gasteiger partial charge >= 0.3 is 0 Å². The van der Waals surface area contributed by atoms with Gasteiger partial charge in [-0.15, -0.1) is 0 Å². The van der Waals surface area contributed by atoms with Gasteiger partial charge in [0.05, 0.1) is 6.61 Å². The summed E-state index contributed by atoms with van der Waals surface area (Å²) in [5.41, 5.74) is 5.90. The summed E-state index contributed by atoms with van der Waals surface area (Å²) in [5.74, 6) is 0.526. The van der Waals surface area contributed by atoms with E-state index in [-0.39, 0.29) is 18.4 Å². The van der Waals surface area contributed by atoms with Gasteiger partial charge in [-0.3, -0.25) is 9.59 Å². The first kappa shape index (κ1) is 31.5. The monoisotopic (exact) mass is 603 g/mol. The molecule has 1 N–H and O–H groups in total. The van der Waals surface area contributed by atoms with E-state index in [4.69, 9.17) is 9.47 Å². The topological polar surface area (TPSA) is 74.9 Å². The highest BCUT2D eigenvalue weighted by molar-refractivity contribution is 5.97. The van der Waals surface area contributed by atoms with Gasteiger partial charge in [0.25, 0.3) is 5.91 Å². The molecule has 7 nitrogen and oxygen atoms in total. The minimum atomic E-state index is -0.170. The van der Waals surface area contributed by atoms with Crippen LogP contribution in [0.15, 0.2) is 109 Å². The molecule has 45 heavy (non-hydrogen) atoms. The lowest BCUT2D eigenvalue weighted by Crippen LogP contribution is -2.44. The zero-order valence-corrected chi connectivity index (χ0v) is 26.1. The molecule has 0 atom stereocenters. The number of benzene rings is 4. The van der Waals surface area contributed by atoms with E-state index in [1.54, 1.807) is 12.0 Å². The molecule has 0 radical (unpaired) electrons. The van der Waals surface area contributed by atoms with Crippen LogP contribution >= 0.6 is 0 Å². The standard InChI is InChI=1S/C38H41N3O4/c1-3-45-34-20-14-29(15-21-34)27-40(24-22-33-26-39-36-13-8-7-12-35(33)36)37(42)28-41(23-9-25-44-2)38(43)32-18-16-31(17-19-32)30-10-5-4-6-11-30/h4-8,10-21,26,39H,3,9,22-25,27-28H2,1-2H3. The lowest BCUT2D eigenvalue weighted by atomic mass is 10.0. The Bertz CT molecular complexity index is 1660. The maximum Gasteiger partial charge on any atom is 0.254 e. The van der Waals surface area contributed by atoms with E-state index < -0.39 is 0 Å². The van der Waals surface area contributed by atoms with E-state index in [2.05, 4.69) is 17.1 Å². The Morgan fingerprint density at radius 3 is 2.22 bits per heavy atom. The van der Waals surface area contributed by atoms with Crippen molar-refractivity contribution in [3.63, 3.8) is 0 Å². The van der Waals surface area contributed by atoms with Crippen molar-refractivity contribution in [2.45, 2.75) is 26.3 Å². The highest BCUT2D eigenvalue weighted by Crippen LogP contribution is 2.22. The fourth-order valence-electron chi connectivity index (χ4n) is 5.50. The number of nitrogens with one attached hydrogen (secondary N) is 1. The first-order valence-corrected chi connectivity index (χ1v) is 15.5. The predicted octanol–water partition coefficient (Wildman–Crippen LogP) is 6.98. The maximum atomic E-state index is 14.0. The molecule has 0 bridgehead atoms. The van der Waals surface area contributed by atoms with Crippen LogP contribution in [0.1, 0.15) is 34.8 Å². The van der Waals surface area contributed by atoms with Crippen molar-refractivity contribution in [2.75, 3.05) is 40.0 Å². The molecule has 5 aromatic rings. The number of H-pyrrole nitrogens is 1. The summed E-state index contributed by atoms with van der Waals surface area (Å²) in [4.78, 5) is 34.7. The van der Waals surface area contributed by atoms with Gasteiger partial charge in [0.2, 0.25) is 5.91 Å². The summed E-state index contributed by atoms with van der Waals surface area (Å²) in [5, 5.41) is 1.15. The highest BCUT2D eigenvalue weighted by Gasteiger charge is 2.23. The second-order valence-electron chi connectivity index (χ2n) is 11.0. The van der Waals surface area contributed by atoms with Crippen molar-refractivity contribution in [1.29, 1.82) is 0 Å². The van der Waals surface area contributed by atoms with E-state index in [0.29, 0.717) is 51.3 Å². The van der Waals surface area contributed by atoms with Gasteiger partial charge in [0, 0.05) is 56.0 Å². The summed E-state index contributed by atoms with van der Waals surface area (Å²) in [6.45, 7) is 4.39. The number of para-hydroxylation sites is 1. The van der Waals surface area contributed by atoms with Crippen molar-refractivity contribution >= 4 is 22.7 Å². The number of methoxy groups -OCH3 is 1. The Morgan fingerprint density at radius 2 is 1.49 bits per heavy atom. The normalized spacial score (nSPS) is 11.0. The maximum absolute atomic E-state index is 14.0. The van der Waals surface area contributed by atoms with Gasteiger partial charge in [-0.1, -0.05) is 72.8 Å². The third kappa shape index (κ3) is 8.40. The number of aromatic amines is 1. The Morgan fingerprint density at radius 1 is 0.778 bits per heavy atom. The van der Waals surface area contributed by atoms with Crippen LogP contribution in [0.25, 0.3) is 22.0 Å². The van der Waals surface area contributed by atoms with Crippen LogP contribution < -0.4 is 4.74 Å². The molecule has 0 saturated carbocycles. The molecule has 4 aromatic carbocycles. The molecule has 2 amide bonds. The number of nitrogens with zero attached hydrogens (tertiary/aromatic N) is 2. The number of hydrogen-bond donors (Lipinski definition) is 1. The van der Waals surface area contributed by atoms with Crippen LogP contribution in [0.5, 0.6) is 5.75 Å². The lowest BCUT2D eigenvalue weighted by molar-refractivity contribution is -0.132. The average Bonchev–Trinajstić information content (AvgIpc) is 3.50. The second kappa shape index (κ2) is 15.7. The number of aromatic nitrogens is 1. The molecule has 232 valence electrons. The van der Waals surface area contributed by atoms with Crippen LogP contribution in [0, 0.1) is 0 Å². The summed E-state index contributed by atoms with van der Waals surface area (Å²) in [6.07, 6.45) is 3.33. The summed E-state index contributed by atoms with van der Waals surface area (Å²) in [6, 6.07) is 33.7. The number of amides is 2. The Balaban J connectivity index is 1.35. The molecular weight excluding hydrogens is 562 g/mol. The lowest BCUT2D eigenvalue weighted by Gasteiger charge is -2.28. The van der Waals surface area contributed by atoms with Crippen molar-refractivity contribution in [2.24, 2.45) is 0 Å². The molecule has 5 rings (SSSR count). The number of carbonyl (C=O) groups is 2. The van der Waals surface area contributed by atoms with E-state index in [9.17, 15) is 9.59 Å². The number of hydrogen-bond acceptors (Lipinski definition) is 4. The minimum Gasteiger partial charge on any atom is -0.494 e. The molecule has 0 spiro atoms. The summed E-state index contributed by atoms with van der Waals surface area (Å²) < 4.78 is 10.9. The molecule has 0 fully saturated rings. The van der Waals surface area contributed by atoms with Crippen molar-refractivity contribution < 1.29 is 19.1 Å². The fourth-order valence-corrected chi connectivity index (χ4v) is 5.50. The summed E-state index contributed by atoms with van der Waals surface area (Å²) in [7, 11) is 1.64. The molecular formula is C38H41N3O4. The number of carbonyl (C=O) groups excluding carboxylic acids is 2. The number of fused-ring (bicyclic) bond motifs is 1. The van der Waals surface area contributed by atoms with Gasteiger partial charge in [0.1, 0.15) is 12.3 Å². The molecule has 7 heteroatoms. The van der Waals surface area contributed by atoms with Gasteiger partial charge in [0.15, 0.2) is 0 Å². The number of ether oxygens (including phenoxy) is 2. The molecule has 1 heterocycles. The summed E-state index contributed by atoms with van der Waals surface area (Å²) >= 11 is 0. The van der Waals surface area contributed by atoms with E-state index in [0.717, 1.165) is 38.9 Å². The van der Waals surface area contributed by atoms with Crippen LogP contribution in [0.3, 0.4) is 0 Å². The molecule has 0 saturated heterocycles. The molecule has 0 unspecified atom stereocenters. The third-order valence-corrected chi connectivity index (χ3v) is 7.92. The van der Waals surface area contributed by atoms with Crippen molar-refractivity contribution in [1.82, 2.24) is 14.8 Å². The number of rotatable bonds is 15. The first-order valence-electron chi connectivity index (χ1n) is 15.5. The third-order valence-electron chi connectivity index (χ3n) is 7.92. The smallest absolute Gasteiger partial charge is 0.254 e. The Kier molecular flexibility index (Phi) is 11.0. The van der Waals surface area contributed by atoms with Gasteiger partial charge in [-0.2, -0.15) is 0 Å². The second-order valence-corrected chi connectivity index (χ2v) is 11.0. The molecule has 0 aliphatic rings. The van der Waals surface area contributed by atoms with Crippen LogP contribution in [0.2, 0.25) is 0 Å².